The van der Waals surface area contributed by atoms with Gasteiger partial charge in [0.15, 0.2) is 0 Å². The first-order valence-corrected chi connectivity index (χ1v) is 7.20. The van der Waals surface area contributed by atoms with E-state index in [1.165, 1.54) is 12.8 Å². The van der Waals surface area contributed by atoms with Crippen molar-refractivity contribution < 1.29 is 14.6 Å². The Bertz CT molecular complexity index is 395. The molecule has 1 aliphatic rings. The first-order valence-electron chi connectivity index (χ1n) is 7.20. The zero-order valence-corrected chi connectivity index (χ0v) is 11.9. The van der Waals surface area contributed by atoms with Crippen LogP contribution in [-0.4, -0.2) is 24.4 Å². The number of rotatable bonds is 6. The van der Waals surface area contributed by atoms with Crippen LogP contribution >= 0.6 is 0 Å². The van der Waals surface area contributed by atoms with E-state index in [1.807, 2.05) is 25.1 Å². The van der Waals surface area contributed by atoms with Gasteiger partial charge in [-0.05, 0) is 62.8 Å². The summed E-state index contributed by atoms with van der Waals surface area (Å²) in [6, 6.07) is 5.86. The molecule has 2 atom stereocenters. The molecule has 1 heterocycles. The van der Waals surface area contributed by atoms with E-state index < -0.39 is 6.10 Å². The second-order valence-corrected chi connectivity index (χ2v) is 5.33. The SMILES string of the molecule is Cc1cc([C@@H](C)O)ccc1OCCCC1CCCO1. The highest BCUT2D eigenvalue weighted by atomic mass is 16.5. The third-order valence-corrected chi connectivity index (χ3v) is 3.63. The van der Waals surface area contributed by atoms with Crippen molar-refractivity contribution in [3.63, 3.8) is 0 Å². The third kappa shape index (κ3) is 4.22. The topological polar surface area (TPSA) is 38.7 Å². The van der Waals surface area contributed by atoms with E-state index in [9.17, 15) is 5.11 Å². The number of benzene rings is 1. The molecule has 3 nitrogen and oxygen atoms in total. The second kappa shape index (κ2) is 6.92. The van der Waals surface area contributed by atoms with Crippen LogP contribution in [0.1, 0.15) is 49.8 Å². The summed E-state index contributed by atoms with van der Waals surface area (Å²) in [5.41, 5.74) is 2.01. The minimum Gasteiger partial charge on any atom is -0.493 e. The van der Waals surface area contributed by atoms with Crippen LogP contribution in [0.2, 0.25) is 0 Å². The molecule has 1 aromatic rings. The molecule has 1 aliphatic heterocycles. The summed E-state index contributed by atoms with van der Waals surface area (Å²) >= 11 is 0. The van der Waals surface area contributed by atoms with Crippen molar-refractivity contribution in [1.29, 1.82) is 0 Å². The summed E-state index contributed by atoms with van der Waals surface area (Å²) in [5.74, 6) is 0.914. The lowest BCUT2D eigenvalue weighted by Gasteiger charge is -2.13. The summed E-state index contributed by atoms with van der Waals surface area (Å²) in [6.07, 6.45) is 4.54. The molecule has 1 fully saturated rings. The number of aliphatic hydroxyl groups is 1. The van der Waals surface area contributed by atoms with Crippen molar-refractivity contribution in [3.8, 4) is 5.75 Å². The fraction of sp³-hybridized carbons (Fsp3) is 0.625. The van der Waals surface area contributed by atoms with E-state index in [-0.39, 0.29) is 0 Å². The van der Waals surface area contributed by atoms with Gasteiger partial charge in [0.05, 0.1) is 18.8 Å². The van der Waals surface area contributed by atoms with E-state index >= 15 is 0 Å². The number of hydrogen-bond acceptors (Lipinski definition) is 3. The monoisotopic (exact) mass is 264 g/mol. The summed E-state index contributed by atoms with van der Waals surface area (Å²) in [6.45, 7) is 5.44. The van der Waals surface area contributed by atoms with Gasteiger partial charge in [-0.15, -0.1) is 0 Å². The van der Waals surface area contributed by atoms with E-state index in [1.54, 1.807) is 6.92 Å². The molecule has 1 unspecified atom stereocenters. The van der Waals surface area contributed by atoms with E-state index in [4.69, 9.17) is 9.47 Å². The van der Waals surface area contributed by atoms with Crippen LogP contribution in [-0.2, 0) is 4.74 Å². The molecule has 1 saturated heterocycles. The molecular formula is C16H24O3. The minimum absolute atomic E-state index is 0.424. The van der Waals surface area contributed by atoms with Gasteiger partial charge in [-0.3, -0.25) is 0 Å². The number of ether oxygens (including phenoxy) is 2. The molecule has 2 rings (SSSR count). The van der Waals surface area contributed by atoms with Crippen molar-refractivity contribution in [2.75, 3.05) is 13.2 Å². The molecule has 0 amide bonds. The lowest BCUT2D eigenvalue weighted by molar-refractivity contribution is 0.0981. The maximum Gasteiger partial charge on any atom is 0.122 e. The fourth-order valence-electron chi connectivity index (χ4n) is 2.46. The molecule has 106 valence electrons. The highest BCUT2D eigenvalue weighted by Crippen LogP contribution is 2.23. The van der Waals surface area contributed by atoms with Gasteiger partial charge < -0.3 is 14.6 Å². The molecule has 0 aliphatic carbocycles. The molecular weight excluding hydrogens is 240 g/mol. The van der Waals surface area contributed by atoms with Gasteiger partial charge >= 0.3 is 0 Å². The number of aliphatic hydroxyl groups excluding tert-OH is 1. The highest BCUT2D eigenvalue weighted by molar-refractivity contribution is 5.36. The molecule has 1 N–H and O–H groups in total. The average Bonchev–Trinajstić information content (AvgIpc) is 2.89. The normalized spacial score (nSPS) is 20.5. The predicted molar refractivity (Wildman–Crippen MR) is 75.5 cm³/mol. The molecule has 0 bridgehead atoms. The molecule has 3 heteroatoms. The first-order chi connectivity index (χ1) is 9.16. The van der Waals surface area contributed by atoms with Crippen molar-refractivity contribution in [1.82, 2.24) is 0 Å². The Hall–Kier alpha value is -1.06. The quantitative estimate of drug-likeness (QED) is 0.800. The summed E-state index contributed by atoms with van der Waals surface area (Å²) in [7, 11) is 0. The third-order valence-electron chi connectivity index (χ3n) is 3.63. The number of hydrogen-bond donors (Lipinski definition) is 1. The van der Waals surface area contributed by atoms with Gasteiger partial charge in [-0.2, -0.15) is 0 Å². The minimum atomic E-state index is -0.424. The Morgan fingerprint density at radius 3 is 2.95 bits per heavy atom. The van der Waals surface area contributed by atoms with Crippen molar-refractivity contribution >= 4 is 0 Å². The Labute approximate surface area is 115 Å². The predicted octanol–water partition coefficient (Wildman–Crippen LogP) is 3.39. The van der Waals surface area contributed by atoms with Crippen LogP contribution in [0, 0.1) is 6.92 Å². The van der Waals surface area contributed by atoms with E-state index in [2.05, 4.69) is 0 Å². The van der Waals surface area contributed by atoms with Gasteiger partial charge in [-0.1, -0.05) is 6.07 Å². The zero-order valence-electron chi connectivity index (χ0n) is 11.9. The van der Waals surface area contributed by atoms with Crippen LogP contribution in [0.4, 0.5) is 0 Å². The van der Waals surface area contributed by atoms with Crippen molar-refractivity contribution in [3.05, 3.63) is 29.3 Å². The standard InChI is InChI=1S/C16H24O3/c1-12-11-14(13(2)17)7-8-16(12)19-10-4-6-15-5-3-9-18-15/h7-8,11,13,15,17H,3-6,9-10H2,1-2H3/t13-,15?/m1/s1. The maximum absolute atomic E-state index is 9.52. The summed E-state index contributed by atoms with van der Waals surface area (Å²) in [5, 5.41) is 9.52. The largest absolute Gasteiger partial charge is 0.493 e. The Morgan fingerprint density at radius 2 is 2.32 bits per heavy atom. The number of aryl methyl sites for hydroxylation is 1. The lowest BCUT2D eigenvalue weighted by Crippen LogP contribution is -2.08. The van der Waals surface area contributed by atoms with Crippen LogP contribution in [0.3, 0.4) is 0 Å². The first kappa shape index (κ1) is 14.4. The smallest absolute Gasteiger partial charge is 0.122 e. The molecule has 19 heavy (non-hydrogen) atoms. The van der Waals surface area contributed by atoms with Gasteiger partial charge in [0, 0.05) is 6.61 Å². The Balaban J connectivity index is 1.76. The van der Waals surface area contributed by atoms with Gasteiger partial charge in [0.25, 0.3) is 0 Å². The van der Waals surface area contributed by atoms with E-state index in [0.29, 0.717) is 6.10 Å². The fourth-order valence-corrected chi connectivity index (χ4v) is 2.46. The molecule has 0 spiro atoms. The lowest BCUT2D eigenvalue weighted by atomic mass is 10.1. The van der Waals surface area contributed by atoms with Gasteiger partial charge in [0.1, 0.15) is 5.75 Å². The zero-order chi connectivity index (χ0) is 13.7. The molecule has 0 aromatic heterocycles. The molecule has 0 saturated carbocycles. The van der Waals surface area contributed by atoms with Crippen LogP contribution in [0.25, 0.3) is 0 Å². The Kier molecular flexibility index (Phi) is 5.23. The maximum atomic E-state index is 9.52. The molecule has 0 radical (unpaired) electrons. The van der Waals surface area contributed by atoms with Crippen LogP contribution < -0.4 is 4.74 Å². The van der Waals surface area contributed by atoms with Crippen LogP contribution in [0.15, 0.2) is 18.2 Å². The highest BCUT2D eigenvalue weighted by Gasteiger charge is 2.14. The molecule has 1 aromatic carbocycles. The summed E-state index contributed by atoms with van der Waals surface area (Å²) < 4.78 is 11.4. The van der Waals surface area contributed by atoms with E-state index in [0.717, 1.165) is 42.9 Å². The van der Waals surface area contributed by atoms with Gasteiger partial charge in [-0.25, -0.2) is 0 Å². The summed E-state index contributed by atoms with van der Waals surface area (Å²) in [4.78, 5) is 0. The van der Waals surface area contributed by atoms with Gasteiger partial charge in [0.2, 0.25) is 0 Å². The second-order valence-electron chi connectivity index (χ2n) is 5.33. The average molecular weight is 264 g/mol. The Morgan fingerprint density at radius 1 is 1.47 bits per heavy atom. The van der Waals surface area contributed by atoms with Crippen molar-refractivity contribution in [2.24, 2.45) is 0 Å². The van der Waals surface area contributed by atoms with Crippen LogP contribution in [0.5, 0.6) is 5.75 Å². The van der Waals surface area contributed by atoms with Crippen molar-refractivity contribution in [2.45, 2.75) is 51.7 Å².